The number of nitrogens with one attached hydrogen (secondary N) is 1. The molecule has 0 amide bonds. The summed E-state index contributed by atoms with van der Waals surface area (Å²) in [5.74, 6) is -0.509. The number of hydrogen-bond acceptors (Lipinski definition) is 3. The van der Waals surface area contributed by atoms with Crippen molar-refractivity contribution < 1.29 is 14.3 Å². The number of aromatic carboxylic acids is 1. The molecule has 2 rings (SSSR count). The number of benzene rings is 1. The van der Waals surface area contributed by atoms with E-state index >= 15 is 0 Å². The van der Waals surface area contributed by atoms with Crippen molar-refractivity contribution in [2.45, 2.75) is 25.9 Å². The van der Waals surface area contributed by atoms with Crippen LogP contribution < -0.4 is 5.32 Å². The van der Waals surface area contributed by atoms with E-state index in [0.29, 0.717) is 10.8 Å². The van der Waals surface area contributed by atoms with E-state index in [2.05, 4.69) is 5.32 Å². The molecule has 4 nitrogen and oxygen atoms in total. The molecule has 0 radical (unpaired) electrons. The Morgan fingerprint density at radius 2 is 1.80 bits per heavy atom. The van der Waals surface area contributed by atoms with E-state index < -0.39 is 5.97 Å². The first kappa shape index (κ1) is 14.6. The Bertz CT molecular complexity index is 591. The van der Waals surface area contributed by atoms with Crippen molar-refractivity contribution in [2.75, 3.05) is 0 Å². The second-order valence-electron chi connectivity index (χ2n) is 4.67. The Kier molecular flexibility index (Phi) is 4.47. The van der Waals surface area contributed by atoms with Gasteiger partial charge < -0.3 is 14.8 Å². The van der Waals surface area contributed by atoms with Gasteiger partial charge in [0.15, 0.2) is 0 Å². The molecule has 0 saturated heterocycles. The van der Waals surface area contributed by atoms with Crippen molar-refractivity contribution in [2.24, 2.45) is 0 Å². The molecule has 0 spiro atoms. The lowest BCUT2D eigenvalue weighted by molar-refractivity contribution is 0.0659. The van der Waals surface area contributed by atoms with Crippen LogP contribution >= 0.6 is 11.6 Å². The van der Waals surface area contributed by atoms with Gasteiger partial charge in [0, 0.05) is 11.1 Å². The number of carboxylic acids is 1. The molecule has 20 heavy (non-hydrogen) atoms. The van der Waals surface area contributed by atoms with Gasteiger partial charge in [-0.25, -0.2) is 4.79 Å². The molecule has 5 heteroatoms. The third kappa shape index (κ3) is 3.40. The number of hydrogen-bond donors (Lipinski definition) is 2. The van der Waals surface area contributed by atoms with Gasteiger partial charge >= 0.3 is 5.97 Å². The first-order valence-corrected chi connectivity index (χ1v) is 6.69. The van der Waals surface area contributed by atoms with E-state index in [1.54, 1.807) is 6.07 Å². The first-order valence-electron chi connectivity index (χ1n) is 6.32. The summed E-state index contributed by atoms with van der Waals surface area (Å²) in [7, 11) is 0. The molecule has 2 atom stereocenters. The molecule has 1 aromatic heterocycles. The summed E-state index contributed by atoms with van der Waals surface area (Å²) in [5, 5.41) is 12.9. The highest BCUT2D eigenvalue weighted by Crippen LogP contribution is 2.22. The number of carbonyl (C=O) groups is 1. The molecule has 0 fully saturated rings. The largest absolute Gasteiger partial charge is 0.475 e. The summed E-state index contributed by atoms with van der Waals surface area (Å²) in [5.41, 5.74) is 1.10. The molecule has 2 aromatic rings. The molecule has 0 aliphatic rings. The molecule has 2 unspecified atom stereocenters. The molecule has 1 aromatic carbocycles. The number of carboxylic acid groups (broad SMARTS) is 1. The minimum absolute atomic E-state index is 0.0483. The van der Waals surface area contributed by atoms with E-state index in [9.17, 15) is 4.79 Å². The lowest BCUT2D eigenvalue weighted by Gasteiger charge is -2.19. The van der Waals surface area contributed by atoms with E-state index in [0.717, 1.165) is 5.56 Å². The van der Waals surface area contributed by atoms with Crippen molar-refractivity contribution in [1.29, 1.82) is 0 Å². The maximum Gasteiger partial charge on any atom is 0.371 e. The van der Waals surface area contributed by atoms with Crippen LogP contribution in [0, 0.1) is 0 Å². The van der Waals surface area contributed by atoms with Crippen LogP contribution in [0.25, 0.3) is 0 Å². The average Bonchev–Trinajstić information content (AvgIpc) is 2.89. The quantitative estimate of drug-likeness (QED) is 0.873. The van der Waals surface area contributed by atoms with Crippen molar-refractivity contribution in [1.82, 2.24) is 5.32 Å². The fraction of sp³-hybridized carbons (Fsp3) is 0.267. The second-order valence-corrected chi connectivity index (χ2v) is 5.11. The van der Waals surface area contributed by atoms with Crippen LogP contribution in [0.5, 0.6) is 0 Å². The van der Waals surface area contributed by atoms with Crippen molar-refractivity contribution in [3.05, 3.63) is 58.5 Å². The van der Waals surface area contributed by atoms with Gasteiger partial charge in [-0.1, -0.05) is 23.7 Å². The van der Waals surface area contributed by atoms with Gasteiger partial charge in [0.2, 0.25) is 5.76 Å². The van der Waals surface area contributed by atoms with Crippen LogP contribution in [0.2, 0.25) is 5.02 Å². The number of furan rings is 1. The summed E-state index contributed by atoms with van der Waals surface area (Å²) < 4.78 is 5.28. The summed E-state index contributed by atoms with van der Waals surface area (Å²) in [4.78, 5) is 10.8. The van der Waals surface area contributed by atoms with Crippen LogP contribution in [0.3, 0.4) is 0 Å². The second kappa shape index (κ2) is 6.11. The summed E-state index contributed by atoms with van der Waals surface area (Å²) >= 11 is 5.86. The maximum absolute atomic E-state index is 10.8. The fourth-order valence-corrected chi connectivity index (χ4v) is 2.13. The Morgan fingerprint density at radius 3 is 2.35 bits per heavy atom. The Hall–Kier alpha value is -1.78. The monoisotopic (exact) mass is 293 g/mol. The zero-order valence-corrected chi connectivity index (χ0v) is 12.0. The average molecular weight is 294 g/mol. The predicted molar refractivity (Wildman–Crippen MR) is 77.1 cm³/mol. The third-order valence-corrected chi connectivity index (χ3v) is 3.39. The smallest absolute Gasteiger partial charge is 0.371 e. The molecule has 0 aliphatic heterocycles. The van der Waals surface area contributed by atoms with Crippen LogP contribution in [0.15, 0.2) is 40.8 Å². The topological polar surface area (TPSA) is 62.5 Å². The molecule has 0 aliphatic carbocycles. The summed E-state index contributed by atoms with van der Waals surface area (Å²) in [6, 6.07) is 10.7. The molecular weight excluding hydrogens is 278 g/mol. The lowest BCUT2D eigenvalue weighted by atomic mass is 10.1. The minimum Gasteiger partial charge on any atom is -0.475 e. The van der Waals surface area contributed by atoms with Crippen molar-refractivity contribution in [3.63, 3.8) is 0 Å². The predicted octanol–water partition coefficient (Wildman–Crippen LogP) is 4.04. The van der Waals surface area contributed by atoms with Crippen LogP contribution in [0.4, 0.5) is 0 Å². The van der Waals surface area contributed by atoms with Gasteiger partial charge in [-0.05, 0) is 43.7 Å². The fourth-order valence-electron chi connectivity index (χ4n) is 2.01. The molecule has 0 bridgehead atoms. The zero-order chi connectivity index (χ0) is 14.7. The standard InChI is InChI=1S/C15H16ClNO3/c1-9(11-3-5-12(16)6-4-11)17-10(2)13-7-8-14(20-13)15(18)19/h3-10,17H,1-2H3,(H,18,19). The number of rotatable bonds is 5. The van der Waals surface area contributed by atoms with Gasteiger partial charge in [0.05, 0.1) is 6.04 Å². The highest BCUT2D eigenvalue weighted by Gasteiger charge is 2.16. The van der Waals surface area contributed by atoms with Gasteiger partial charge in [0.25, 0.3) is 0 Å². The molecule has 0 saturated carbocycles. The van der Waals surface area contributed by atoms with Crippen molar-refractivity contribution >= 4 is 17.6 Å². The first-order chi connectivity index (χ1) is 9.47. The highest BCUT2D eigenvalue weighted by atomic mass is 35.5. The van der Waals surface area contributed by atoms with Gasteiger partial charge in [-0.2, -0.15) is 0 Å². The lowest BCUT2D eigenvalue weighted by Crippen LogP contribution is -2.22. The van der Waals surface area contributed by atoms with Crippen LogP contribution in [0.1, 0.15) is 47.8 Å². The van der Waals surface area contributed by atoms with E-state index in [-0.39, 0.29) is 17.8 Å². The van der Waals surface area contributed by atoms with E-state index in [4.69, 9.17) is 21.1 Å². The SMILES string of the molecule is CC(NC(C)c1ccc(C(=O)O)o1)c1ccc(Cl)cc1. The third-order valence-electron chi connectivity index (χ3n) is 3.13. The maximum atomic E-state index is 10.8. The van der Waals surface area contributed by atoms with E-state index in [1.807, 2.05) is 38.1 Å². The van der Waals surface area contributed by atoms with Crippen LogP contribution in [-0.4, -0.2) is 11.1 Å². The molecular formula is C15H16ClNO3. The Labute approximate surface area is 122 Å². The van der Waals surface area contributed by atoms with E-state index in [1.165, 1.54) is 6.07 Å². The minimum atomic E-state index is -1.06. The number of halogens is 1. The molecule has 2 N–H and O–H groups in total. The van der Waals surface area contributed by atoms with Gasteiger partial charge in [-0.3, -0.25) is 0 Å². The van der Waals surface area contributed by atoms with Crippen LogP contribution in [-0.2, 0) is 0 Å². The zero-order valence-electron chi connectivity index (χ0n) is 11.3. The van der Waals surface area contributed by atoms with Gasteiger partial charge in [0.1, 0.15) is 5.76 Å². The summed E-state index contributed by atoms with van der Waals surface area (Å²) in [6.07, 6.45) is 0. The normalized spacial score (nSPS) is 13.9. The summed E-state index contributed by atoms with van der Waals surface area (Å²) in [6.45, 7) is 3.96. The highest BCUT2D eigenvalue weighted by molar-refractivity contribution is 6.30. The Morgan fingerprint density at radius 1 is 1.15 bits per heavy atom. The Balaban J connectivity index is 2.04. The molecule has 106 valence electrons. The van der Waals surface area contributed by atoms with Crippen molar-refractivity contribution in [3.8, 4) is 0 Å². The molecule has 1 heterocycles. The van der Waals surface area contributed by atoms with Gasteiger partial charge in [-0.15, -0.1) is 0 Å².